The van der Waals surface area contributed by atoms with Gasteiger partial charge in [0.15, 0.2) is 0 Å². The van der Waals surface area contributed by atoms with Crippen LogP contribution in [-0.2, 0) is 20.9 Å². The molecule has 1 aromatic carbocycles. The van der Waals surface area contributed by atoms with Crippen molar-refractivity contribution < 1.29 is 23.9 Å². The van der Waals surface area contributed by atoms with E-state index in [2.05, 4.69) is 0 Å². The minimum Gasteiger partial charge on any atom is -0.480 e. The van der Waals surface area contributed by atoms with Crippen molar-refractivity contribution in [2.45, 2.75) is 44.7 Å². The number of halogens is 1. The first-order valence-electron chi connectivity index (χ1n) is 8.98. The Bertz CT molecular complexity index is 685. The zero-order valence-corrected chi connectivity index (χ0v) is 14.6. The highest BCUT2D eigenvalue weighted by molar-refractivity contribution is 5.90. The Morgan fingerprint density at radius 1 is 1.19 bits per heavy atom. The lowest BCUT2D eigenvalue weighted by Crippen LogP contribution is -2.41. The van der Waals surface area contributed by atoms with Crippen molar-refractivity contribution in [2.24, 2.45) is 5.92 Å². The van der Waals surface area contributed by atoms with Gasteiger partial charge in [0.25, 0.3) is 0 Å². The summed E-state index contributed by atoms with van der Waals surface area (Å²) in [6.07, 6.45) is 4.28. The van der Waals surface area contributed by atoms with Crippen LogP contribution < -0.4 is 0 Å². The maximum absolute atomic E-state index is 13.1. The van der Waals surface area contributed by atoms with E-state index in [-0.39, 0.29) is 30.8 Å². The van der Waals surface area contributed by atoms with Gasteiger partial charge < -0.3 is 14.9 Å². The number of carboxylic acid groups (broad SMARTS) is 1. The van der Waals surface area contributed by atoms with E-state index in [9.17, 15) is 18.8 Å². The highest BCUT2D eigenvalue weighted by atomic mass is 19.1. The first-order chi connectivity index (χ1) is 12.4. The van der Waals surface area contributed by atoms with Crippen LogP contribution in [0.1, 0.15) is 37.7 Å². The molecule has 1 heterocycles. The number of amides is 2. The molecule has 1 N–H and O–H groups in total. The average Bonchev–Trinajstić information content (AvgIpc) is 3.24. The van der Waals surface area contributed by atoms with Crippen molar-refractivity contribution in [1.82, 2.24) is 9.80 Å². The molecule has 1 saturated carbocycles. The number of carbonyl (C=O) groups excluding carboxylic acids is 2. The van der Waals surface area contributed by atoms with Gasteiger partial charge in [-0.25, -0.2) is 4.39 Å². The SMILES string of the molecule is O=C(O)CN(Cc1ccc(F)cc1)C(=O)C1CC(=O)N(C2CCCC2)C1. The predicted molar refractivity (Wildman–Crippen MR) is 91.5 cm³/mol. The third-order valence-corrected chi connectivity index (χ3v) is 5.20. The highest BCUT2D eigenvalue weighted by Crippen LogP contribution is 2.30. The smallest absolute Gasteiger partial charge is 0.323 e. The summed E-state index contributed by atoms with van der Waals surface area (Å²) in [5, 5.41) is 9.14. The summed E-state index contributed by atoms with van der Waals surface area (Å²) in [5.41, 5.74) is 0.651. The van der Waals surface area contributed by atoms with Gasteiger partial charge in [0.05, 0.1) is 5.92 Å². The Morgan fingerprint density at radius 2 is 1.85 bits per heavy atom. The Kier molecular flexibility index (Phi) is 5.54. The van der Waals surface area contributed by atoms with E-state index in [1.54, 1.807) is 4.90 Å². The predicted octanol–water partition coefficient (Wildman–Crippen LogP) is 2.03. The third kappa shape index (κ3) is 4.20. The Labute approximate surface area is 151 Å². The number of benzene rings is 1. The van der Waals surface area contributed by atoms with Crippen molar-refractivity contribution in [2.75, 3.05) is 13.1 Å². The van der Waals surface area contributed by atoms with Gasteiger partial charge in [-0.2, -0.15) is 0 Å². The molecule has 26 heavy (non-hydrogen) atoms. The fourth-order valence-electron chi connectivity index (χ4n) is 3.91. The average molecular weight is 362 g/mol. The largest absolute Gasteiger partial charge is 0.480 e. The molecule has 140 valence electrons. The summed E-state index contributed by atoms with van der Waals surface area (Å²) >= 11 is 0. The molecule has 1 aliphatic carbocycles. The molecule has 1 unspecified atom stereocenters. The van der Waals surface area contributed by atoms with Crippen LogP contribution >= 0.6 is 0 Å². The zero-order chi connectivity index (χ0) is 18.7. The lowest BCUT2D eigenvalue weighted by Gasteiger charge is -2.26. The summed E-state index contributed by atoms with van der Waals surface area (Å²) in [7, 11) is 0. The summed E-state index contributed by atoms with van der Waals surface area (Å²) < 4.78 is 13.1. The van der Waals surface area contributed by atoms with Crippen molar-refractivity contribution in [1.29, 1.82) is 0 Å². The Hall–Kier alpha value is -2.44. The normalized spacial score (nSPS) is 20.6. The molecule has 7 heteroatoms. The van der Waals surface area contributed by atoms with Crippen molar-refractivity contribution in [3.63, 3.8) is 0 Å². The number of rotatable bonds is 6. The van der Waals surface area contributed by atoms with Crippen LogP contribution in [0.3, 0.4) is 0 Å². The van der Waals surface area contributed by atoms with Crippen molar-refractivity contribution in [3.8, 4) is 0 Å². The van der Waals surface area contributed by atoms with Gasteiger partial charge in [-0.3, -0.25) is 14.4 Å². The number of carbonyl (C=O) groups is 3. The topological polar surface area (TPSA) is 77.9 Å². The number of hydrogen-bond acceptors (Lipinski definition) is 3. The zero-order valence-electron chi connectivity index (χ0n) is 14.6. The number of nitrogens with zero attached hydrogens (tertiary/aromatic N) is 2. The standard InChI is InChI=1S/C19H23FN2O4/c20-15-7-5-13(6-8-15)10-21(12-18(24)25)19(26)14-9-17(23)22(11-14)16-3-1-2-4-16/h5-8,14,16H,1-4,9-12H2,(H,24,25). The van der Waals surface area contributed by atoms with E-state index < -0.39 is 24.2 Å². The van der Waals surface area contributed by atoms with E-state index in [0.29, 0.717) is 12.1 Å². The van der Waals surface area contributed by atoms with Crippen LogP contribution in [0.4, 0.5) is 4.39 Å². The van der Waals surface area contributed by atoms with E-state index in [1.807, 2.05) is 0 Å². The molecule has 6 nitrogen and oxygen atoms in total. The van der Waals surface area contributed by atoms with E-state index in [4.69, 9.17) is 5.11 Å². The fourth-order valence-corrected chi connectivity index (χ4v) is 3.91. The molecule has 1 aromatic rings. The second kappa shape index (κ2) is 7.85. The van der Waals surface area contributed by atoms with Crippen LogP contribution in [0.25, 0.3) is 0 Å². The van der Waals surface area contributed by atoms with Gasteiger partial charge in [0.2, 0.25) is 11.8 Å². The van der Waals surface area contributed by atoms with Gasteiger partial charge in [-0.1, -0.05) is 25.0 Å². The Balaban J connectivity index is 1.69. The lowest BCUT2D eigenvalue weighted by atomic mass is 10.1. The minimum atomic E-state index is -1.11. The van der Waals surface area contributed by atoms with Crippen LogP contribution in [-0.4, -0.2) is 51.8 Å². The van der Waals surface area contributed by atoms with Gasteiger partial charge in [-0.05, 0) is 30.5 Å². The molecule has 1 aliphatic heterocycles. The van der Waals surface area contributed by atoms with Crippen LogP contribution in [0.2, 0.25) is 0 Å². The third-order valence-electron chi connectivity index (χ3n) is 5.20. The summed E-state index contributed by atoms with van der Waals surface area (Å²) in [6.45, 7) is 0.00569. The molecule has 1 atom stereocenters. The van der Waals surface area contributed by atoms with Crippen LogP contribution in [0, 0.1) is 11.7 Å². The molecule has 2 aliphatic rings. The number of carboxylic acids is 1. The molecule has 2 fully saturated rings. The van der Waals surface area contributed by atoms with Gasteiger partial charge in [-0.15, -0.1) is 0 Å². The first-order valence-corrected chi connectivity index (χ1v) is 8.98. The van der Waals surface area contributed by atoms with Crippen LogP contribution in [0.15, 0.2) is 24.3 Å². The summed E-state index contributed by atoms with van der Waals surface area (Å²) in [6, 6.07) is 5.83. The summed E-state index contributed by atoms with van der Waals surface area (Å²) in [4.78, 5) is 39.4. The van der Waals surface area contributed by atoms with E-state index in [0.717, 1.165) is 25.7 Å². The van der Waals surface area contributed by atoms with E-state index >= 15 is 0 Å². The molecule has 0 spiro atoms. The van der Waals surface area contributed by atoms with Crippen LogP contribution in [0.5, 0.6) is 0 Å². The second-order valence-electron chi connectivity index (χ2n) is 7.10. The first kappa shape index (κ1) is 18.4. The molecular formula is C19H23FN2O4. The number of aliphatic carboxylic acids is 1. The van der Waals surface area contributed by atoms with Gasteiger partial charge >= 0.3 is 5.97 Å². The molecule has 0 radical (unpaired) electrons. The molecule has 0 bridgehead atoms. The molecule has 0 aromatic heterocycles. The monoisotopic (exact) mass is 362 g/mol. The number of likely N-dealkylation sites (tertiary alicyclic amines) is 1. The van der Waals surface area contributed by atoms with Gasteiger partial charge in [0.1, 0.15) is 12.4 Å². The maximum atomic E-state index is 13.1. The van der Waals surface area contributed by atoms with Crippen molar-refractivity contribution >= 4 is 17.8 Å². The Morgan fingerprint density at radius 3 is 2.46 bits per heavy atom. The minimum absolute atomic E-state index is 0.0210. The van der Waals surface area contributed by atoms with E-state index in [1.165, 1.54) is 29.2 Å². The van der Waals surface area contributed by atoms with Gasteiger partial charge in [0, 0.05) is 25.6 Å². The second-order valence-corrected chi connectivity index (χ2v) is 7.10. The molecule has 3 rings (SSSR count). The highest BCUT2D eigenvalue weighted by Gasteiger charge is 2.40. The number of hydrogen-bond donors (Lipinski definition) is 1. The molecule has 1 saturated heterocycles. The fraction of sp³-hybridized carbons (Fsp3) is 0.526. The quantitative estimate of drug-likeness (QED) is 0.840. The van der Waals surface area contributed by atoms with Crippen molar-refractivity contribution in [3.05, 3.63) is 35.6 Å². The summed E-state index contributed by atoms with van der Waals surface area (Å²) in [5.74, 6) is -2.36. The lowest BCUT2D eigenvalue weighted by molar-refractivity contribution is -0.146. The molecular weight excluding hydrogens is 339 g/mol. The maximum Gasteiger partial charge on any atom is 0.323 e. The molecule has 2 amide bonds.